The van der Waals surface area contributed by atoms with Crippen molar-refractivity contribution in [1.82, 2.24) is 4.90 Å². The molecule has 0 aliphatic rings. The predicted octanol–water partition coefficient (Wildman–Crippen LogP) is 4.21. The zero-order valence-electron chi connectivity index (χ0n) is 11.2. The zero-order valence-corrected chi connectivity index (χ0v) is 14.4. The first-order chi connectivity index (χ1) is 9.90. The van der Waals surface area contributed by atoms with E-state index in [4.69, 9.17) is 5.73 Å². The van der Waals surface area contributed by atoms with Crippen molar-refractivity contribution in [3.05, 3.63) is 62.3 Å². The van der Waals surface area contributed by atoms with Gasteiger partial charge in [0.15, 0.2) is 0 Å². The van der Waals surface area contributed by atoms with Crippen LogP contribution in [-0.4, -0.2) is 17.9 Å². The molecular weight excluding hydrogens is 403 g/mol. The van der Waals surface area contributed by atoms with Gasteiger partial charge in [-0.05, 0) is 39.7 Å². The molecule has 6 heteroatoms. The summed E-state index contributed by atoms with van der Waals surface area (Å²) in [5.74, 6) is -0.781. The molecule has 0 fully saturated rings. The van der Waals surface area contributed by atoms with Crippen LogP contribution in [0, 0.1) is 5.82 Å². The van der Waals surface area contributed by atoms with Gasteiger partial charge in [-0.1, -0.05) is 34.1 Å². The van der Waals surface area contributed by atoms with Crippen molar-refractivity contribution >= 4 is 43.5 Å². The first-order valence-electron chi connectivity index (χ1n) is 6.13. The number of carbonyl (C=O) groups is 1. The van der Waals surface area contributed by atoms with E-state index in [2.05, 4.69) is 31.9 Å². The molecule has 0 heterocycles. The molecule has 2 rings (SSSR count). The van der Waals surface area contributed by atoms with Crippen molar-refractivity contribution in [1.29, 1.82) is 0 Å². The first kappa shape index (κ1) is 16.0. The number of carbonyl (C=O) groups excluding carboxylic acids is 1. The van der Waals surface area contributed by atoms with Crippen LogP contribution in [0.5, 0.6) is 0 Å². The van der Waals surface area contributed by atoms with Crippen LogP contribution in [0.25, 0.3) is 0 Å². The summed E-state index contributed by atoms with van der Waals surface area (Å²) in [6.45, 7) is 0.435. The normalized spacial score (nSPS) is 10.5. The van der Waals surface area contributed by atoms with E-state index < -0.39 is 5.82 Å². The Morgan fingerprint density at radius 1 is 1.24 bits per heavy atom. The van der Waals surface area contributed by atoms with Gasteiger partial charge < -0.3 is 10.6 Å². The van der Waals surface area contributed by atoms with Gasteiger partial charge >= 0.3 is 0 Å². The Hall–Kier alpha value is -1.40. The molecule has 0 saturated heterocycles. The number of halogens is 3. The Balaban J connectivity index is 2.24. The lowest BCUT2D eigenvalue weighted by atomic mass is 10.1. The van der Waals surface area contributed by atoms with E-state index in [1.165, 1.54) is 12.1 Å². The van der Waals surface area contributed by atoms with Gasteiger partial charge in [0.25, 0.3) is 5.91 Å². The van der Waals surface area contributed by atoms with E-state index in [9.17, 15) is 9.18 Å². The molecule has 110 valence electrons. The minimum atomic E-state index is -0.549. The van der Waals surface area contributed by atoms with Crippen LogP contribution >= 0.6 is 31.9 Å². The van der Waals surface area contributed by atoms with E-state index in [-0.39, 0.29) is 11.6 Å². The average Bonchev–Trinajstić information content (AvgIpc) is 2.44. The van der Waals surface area contributed by atoms with Gasteiger partial charge in [0.1, 0.15) is 5.82 Å². The molecule has 0 aliphatic heterocycles. The lowest BCUT2D eigenvalue weighted by molar-refractivity contribution is 0.0784. The average molecular weight is 416 g/mol. The Kier molecular flexibility index (Phi) is 5.00. The molecule has 0 aromatic heterocycles. The Labute approximate surface area is 139 Å². The number of nitrogen functional groups attached to an aromatic ring is 1. The van der Waals surface area contributed by atoms with Gasteiger partial charge in [-0.3, -0.25) is 4.79 Å². The molecule has 21 heavy (non-hydrogen) atoms. The second kappa shape index (κ2) is 6.58. The fourth-order valence-electron chi connectivity index (χ4n) is 1.89. The number of benzene rings is 2. The van der Waals surface area contributed by atoms with Crippen LogP contribution < -0.4 is 5.73 Å². The number of nitrogens with zero attached hydrogens (tertiary/aromatic N) is 1. The maximum atomic E-state index is 13.3. The fourth-order valence-corrected chi connectivity index (χ4v) is 2.78. The number of anilines is 1. The van der Waals surface area contributed by atoms with Crippen molar-refractivity contribution in [3.8, 4) is 0 Å². The van der Waals surface area contributed by atoms with Gasteiger partial charge in [-0.15, -0.1) is 0 Å². The quantitative estimate of drug-likeness (QED) is 0.763. The smallest absolute Gasteiger partial charge is 0.255 e. The number of rotatable bonds is 3. The molecular formula is C15H13Br2FN2O. The highest BCUT2D eigenvalue weighted by molar-refractivity contribution is 9.10. The summed E-state index contributed by atoms with van der Waals surface area (Å²) >= 11 is 6.65. The van der Waals surface area contributed by atoms with Crippen molar-refractivity contribution in [2.45, 2.75) is 6.54 Å². The van der Waals surface area contributed by atoms with E-state index in [1.807, 2.05) is 24.3 Å². The molecule has 0 unspecified atom stereocenters. The molecule has 2 N–H and O–H groups in total. The van der Waals surface area contributed by atoms with Crippen molar-refractivity contribution in [2.75, 3.05) is 12.8 Å². The van der Waals surface area contributed by atoms with Crippen molar-refractivity contribution < 1.29 is 9.18 Å². The standard InChI is InChI=1S/C15H13Br2FN2O/c1-20(8-9-4-2-3-5-11(9)16)15(21)10-6-14(19)13(18)7-12(10)17/h2-7H,8,19H2,1H3. The number of hydrogen-bond acceptors (Lipinski definition) is 2. The molecule has 0 saturated carbocycles. The van der Waals surface area contributed by atoms with Gasteiger partial charge in [-0.2, -0.15) is 0 Å². The summed E-state index contributed by atoms with van der Waals surface area (Å²) in [4.78, 5) is 14.0. The van der Waals surface area contributed by atoms with Crippen LogP contribution in [0.3, 0.4) is 0 Å². The Bertz CT molecular complexity index is 691. The molecule has 1 amide bonds. The third kappa shape index (κ3) is 3.63. The topological polar surface area (TPSA) is 46.3 Å². The molecule has 0 atom stereocenters. The Morgan fingerprint density at radius 2 is 1.90 bits per heavy atom. The molecule has 2 aromatic carbocycles. The largest absolute Gasteiger partial charge is 0.396 e. The van der Waals surface area contributed by atoms with Gasteiger partial charge in [0, 0.05) is 22.5 Å². The van der Waals surface area contributed by atoms with Crippen LogP contribution in [0.2, 0.25) is 0 Å². The SMILES string of the molecule is CN(Cc1ccccc1Br)C(=O)c1cc(N)c(F)cc1Br. The third-order valence-electron chi connectivity index (χ3n) is 3.03. The van der Waals surface area contributed by atoms with Crippen molar-refractivity contribution in [2.24, 2.45) is 0 Å². The maximum absolute atomic E-state index is 13.3. The van der Waals surface area contributed by atoms with Gasteiger partial charge in [-0.25, -0.2) is 4.39 Å². The molecule has 2 aromatic rings. The van der Waals surface area contributed by atoms with Crippen LogP contribution in [0.4, 0.5) is 10.1 Å². The fraction of sp³-hybridized carbons (Fsp3) is 0.133. The molecule has 0 bridgehead atoms. The minimum Gasteiger partial charge on any atom is -0.396 e. The third-order valence-corrected chi connectivity index (χ3v) is 4.46. The number of nitrogens with two attached hydrogens (primary N) is 1. The summed E-state index contributed by atoms with van der Waals surface area (Å²) in [5, 5.41) is 0. The summed E-state index contributed by atoms with van der Waals surface area (Å²) in [7, 11) is 1.69. The van der Waals surface area contributed by atoms with E-state index in [0.717, 1.165) is 10.0 Å². The second-order valence-electron chi connectivity index (χ2n) is 4.61. The summed E-state index contributed by atoms with van der Waals surface area (Å²) in [6.07, 6.45) is 0. The van der Waals surface area contributed by atoms with Crippen LogP contribution in [-0.2, 0) is 6.54 Å². The summed E-state index contributed by atoms with van der Waals surface area (Å²) in [5.41, 5.74) is 6.81. The zero-order chi connectivity index (χ0) is 15.6. The summed E-state index contributed by atoms with van der Waals surface area (Å²) < 4.78 is 14.7. The highest BCUT2D eigenvalue weighted by atomic mass is 79.9. The molecule has 0 radical (unpaired) electrons. The maximum Gasteiger partial charge on any atom is 0.255 e. The molecule has 0 spiro atoms. The number of hydrogen-bond donors (Lipinski definition) is 1. The highest BCUT2D eigenvalue weighted by Crippen LogP contribution is 2.25. The second-order valence-corrected chi connectivity index (χ2v) is 6.31. The van der Waals surface area contributed by atoms with Crippen LogP contribution in [0.1, 0.15) is 15.9 Å². The van der Waals surface area contributed by atoms with E-state index >= 15 is 0 Å². The predicted molar refractivity (Wildman–Crippen MR) is 88.5 cm³/mol. The monoisotopic (exact) mass is 414 g/mol. The van der Waals surface area contributed by atoms with Gasteiger partial charge in [0.05, 0.1) is 11.3 Å². The van der Waals surface area contributed by atoms with Crippen molar-refractivity contribution in [3.63, 3.8) is 0 Å². The first-order valence-corrected chi connectivity index (χ1v) is 7.72. The lowest BCUT2D eigenvalue weighted by Crippen LogP contribution is -2.26. The Morgan fingerprint density at radius 3 is 2.57 bits per heavy atom. The van der Waals surface area contributed by atoms with Crippen LogP contribution in [0.15, 0.2) is 45.3 Å². The van der Waals surface area contributed by atoms with Gasteiger partial charge in [0.2, 0.25) is 0 Å². The molecule has 0 aliphatic carbocycles. The minimum absolute atomic E-state index is 0.0455. The lowest BCUT2D eigenvalue weighted by Gasteiger charge is -2.19. The number of amides is 1. The molecule has 3 nitrogen and oxygen atoms in total. The van der Waals surface area contributed by atoms with E-state index in [1.54, 1.807) is 11.9 Å². The summed E-state index contributed by atoms with van der Waals surface area (Å²) in [6, 6.07) is 10.2. The highest BCUT2D eigenvalue weighted by Gasteiger charge is 2.18. The van der Waals surface area contributed by atoms with E-state index in [0.29, 0.717) is 16.6 Å².